The number of aryl methyl sites for hydroxylation is 1. The molecule has 2 N–H and O–H groups in total. The van der Waals surface area contributed by atoms with Gasteiger partial charge in [-0.05, 0) is 60.5 Å². The largest absolute Gasteiger partial charge is 0.336 e. The molecule has 6 nitrogen and oxygen atoms in total. The van der Waals surface area contributed by atoms with Gasteiger partial charge in [0.2, 0.25) is 0 Å². The Hall–Kier alpha value is -4.39. The van der Waals surface area contributed by atoms with E-state index in [-0.39, 0.29) is 5.82 Å². The summed E-state index contributed by atoms with van der Waals surface area (Å²) in [4.78, 5) is 17.4. The predicted octanol–water partition coefficient (Wildman–Crippen LogP) is 5.68. The highest BCUT2D eigenvalue weighted by Crippen LogP contribution is 2.32. The maximum absolute atomic E-state index is 14.0. The Morgan fingerprint density at radius 3 is 2.59 bits per heavy atom. The third kappa shape index (κ3) is 3.02. The van der Waals surface area contributed by atoms with Gasteiger partial charge in [0.1, 0.15) is 11.3 Å². The third-order valence-electron chi connectivity index (χ3n) is 5.43. The molecule has 0 aliphatic carbocycles. The van der Waals surface area contributed by atoms with Crippen LogP contribution in [0.5, 0.6) is 0 Å². The van der Waals surface area contributed by atoms with Gasteiger partial charge in [-0.1, -0.05) is 24.3 Å². The highest BCUT2D eigenvalue weighted by molar-refractivity contribution is 5.96. The first-order valence-corrected chi connectivity index (χ1v) is 10.2. The van der Waals surface area contributed by atoms with Gasteiger partial charge in [0, 0.05) is 11.8 Å². The highest BCUT2D eigenvalue weighted by Gasteiger charge is 2.17. The van der Waals surface area contributed by atoms with Crippen LogP contribution in [0.2, 0.25) is 0 Å². The zero-order chi connectivity index (χ0) is 21.7. The number of benzene rings is 2. The van der Waals surface area contributed by atoms with Gasteiger partial charge >= 0.3 is 0 Å². The molecule has 0 saturated heterocycles. The van der Waals surface area contributed by atoms with E-state index in [1.807, 2.05) is 61.5 Å². The highest BCUT2D eigenvalue weighted by atomic mass is 19.1. The van der Waals surface area contributed by atoms with Gasteiger partial charge < -0.3 is 4.98 Å². The molecule has 0 aliphatic rings. The molecule has 0 bridgehead atoms. The minimum Gasteiger partial charge on any atom is -0.336 e. The molecule has 0 saturated carbocycles. The lowest BCUT2D eigenvalue weighted by Crippen LogP contribution is -1.88. The fourth-order valence-corrected chi connectivity index (χ4v) is 3.99. The van der Waals surface area contributed by atoms with Crippen molar-refractivity contribution in [2.75, 3.05) is 0 Å². The van der Waals surface area contributed by atoms with Crippen LogP contribution >= 0.6 is 0 Å². The van der Waals surface area contributed by atoms with Gasteiger partial charge in [-0.25, -0.2) is 14.4 Å². The SMILES string of the molecule is Cc1cc(F)cc(-c2cccc3[nH]c(-c4n[nH]c5ccc(-c6ccccn6)nc45)nc23)c1. The molecular formula is C25H17FN6. The monoisotopic (exact) mass is 420 g/mol. The summed E-state index contributed by atoms with van der Waals surface area (Å²) in [5.41, 5.74) is 7.77. The van der Waals surface area contributed by atoms with Crippen molar-refractivity contribution in [2.45, 2.75) is 6.92 Å². The molecule has 6 aromatic rings. The number of nitrogens with zero attached hydrogens (tertiary/aromatic N) is 4. The van der Waals surface area contributed by atoms with Gasteiger partial charge in [-0.2, -0.15) is 5.10 Å². The molecule has 6 rings (SSSR count). The Labute approximate surface area is 182 Å². The summed E-state index contributed by atoms with van der Waals surface area (Å²) < 4.78 is 14.0. The van der Waals surface area contributed by atoms with Crippen molar-refractivity contribution in [3.05, 3.63) is 84.3 Å². The second-order valence-electron chi connectivity index (χ2n) is 7.68. The second kappa shape index (κ2) is 7.09. The van der Waals surface area contributed by atoms with E-state index in [0.29, 0.717) is 17.0 Å². The number of pyridine rings is 2. The van der Waals surface area contributed by atoms with Crippen LogP contribution in [0.25, 0.3) is 56.1 Å². The van der Waals surface area contributed by atoms with Gasteiger partial charge in [-0.15, -0.1) is 0 Å². The molecular weight excluding hydrogens is 403 g/mol. The van der Waals surface area contributed by atoms with E-state index in [1.165, 1.54) is 12.1 Å². The smallest absolute Gasteiger partial charge is 0.161 e. The number of imidazole rings is 1. The first-order valence-electron chi connectivity index (χ1n) is 10.2. The number of rotatable bonds is 3. The maximum Gasteiger partial charge on any atom is 0.161 e. The lowest BCUT2D eigenvalue weighted by Gasteiger charge is -2.04. The average Bonchev–Trinajstić information content (AvgIpc) is 3.42. The lowest BCUT2D eigenvalue weighted by molar-refractivity contribution is 0.627. The molecule has 0 radical (unpaired) electrons. The third-order valence-corrected chi connectivity index (χ3v) is 5.43. The topological polar surface area (TPSA) is 83.1 Å². The molecule has 0 atom stereocenters. The molecule has 0 spiro atoms. The average molecular weight is 420 g/mol. The van der Waals surface area contributed by atoms with Gasteiger partial charge in [0.15, 0.2) is 11.5 Å². The minimum absolute atomic E-state index is 0.266. The fourth-order valence-electron chi connectivity index (χ4n) is 3.99. The number of aromatic amines is 2. The first kappa shape index (κ1) is 18.4. The quantitative estimate of drug-likeness (QED) is 0.386. The van der Waals surface area contributed by atoms with Crippen molar-refractivity contribution in [3.8, 4) is 34.0 Å². The number of H-pyrrole nitrogens is 2. The molecule has 0 fully saturated rings. The Bertz CT molecular complexity index is 1580. The van der Waals surface area contributed by atoms with Crippen LogP contribution in [0.3, 0.4) is 0 Å². The van der Waals surface area contributed by atoms with E-state index in [9.17, 15) is 4.39 Å². The molecule has 4 aromatic heterocycles. The van der Waals surface area contributed by atoms with Gasteiger partial charge in [0.05, 0.1) is 27.9 Å². The van der Waals surface area contributed by atoms with E-state index in [4.69, 9.17) is 9.97 Å². The summed E-state index contributed by atoms with van der Waals surface area (Å²) in [6, 6.07) is 20.4. The van der Waals surface area contributed by atoms with E-state index in [2.05, 4.69) is 20.2 Å². The predicted molar refractivity (Wildman–Crippen MR) is 122 cm³/mol. The van der Waals surface area contributed by atoms with Crippen LogP contribution in [-0.2, 0) is 0 Å². The van der Waals surface area contributed by atoms with Gasteiger partial charge in [0.25, 0.3) is 0 Å². The standard InChI is InChI=1S/C25H17FN6/c1-14-11-15(13-16(26)12-14)17-5-4-7-20-22(17)30-25(29-20)24-23-21(31-32-24)9-8-19(28-23)18-6-2-3-10-27-18/h2-13H,1H3,(H,29,30)(H,31,32). The number of hydrogen-bond acceptors (Lipinski definition) is 4. The molecule has 154 valence electrons. The van der Waals surface area contributed by atoms with Crippen molar-refractivity contribution in [1.29, 1.82) is 0 Å². The normalized spacial score (nSPS) is 11.4. The van der Waals surface area contributed by atoms with E-state index in [0.717, 1.165) is 44.6 Å². The van der Waals surface area contributed by atoms with Crippen LogP contribution < -0.4 is 0 Å². The van der Waals surface area contributed by atoms with Crippen LogP contribution in [0.15, 0.2) is 72.9 Å². The number of hydrogen-bond donors (Lipinski definition) is 2. The molecule has 4 heterocycles. The number of aromatic nitrogens is 6. The zero-order valence-electron chi connectivity index (χ0n) is 17.1. The van der Waals surface area contributed by atoms with Crippen molar-refractivity contribution in [1.82, 2.24) is 30.1 Å². The molecule has 7 heteroatoms. The van der Waals surface area contributed by atoms with Crippen LogP contribution in [0, 0.1) is 12.7 Å². The van der Waals surface area contributed by atoms with Crippen molar-refractivity contribution < 1.29 is 4.39 Å². The summed E-state index contributed by atoms with van der Waals surface area (Å²) in [6.45, 7) is 1.88. The van der Waals surface area contributed by atoms with Crippen molar-refractivity contribution in [3.63, 3.8) is 0 Å². The summed E-state index contributed by atoms with van der Waals surface area (Å²) in [7, 11) is 0. The van der Waals surface area contributed by atoms with Gasteiger partial charge in [-0.3, -0.25) is 10.1 Å². The molecule has 0 aliphatic heterocycles. The van der Waals surface area contributed by atoms with Crippen molar-refractivity contribution >= 4 is 22.1 Å². The summed E-state index contributed by atoms with van der Waals surface area (Å²) in [6.07, 6.45) is 1.74. The van der Waals surface area contributed by atoms with Crippen LogP contribution in [0.1, 0.15) is 5.56 Å². The Morgan fingerprint density at radius 1 is 0.812 bits per heavy atom. The molecule has 2 aromatic carbocycles. The molecule has 0 amide bonds. The summed E-state index contributed by atoms with van der Waals surface area (Å²) in [5.74, 6) is 0.329. The zero-order valence-corrected chi connectivity index (χ0v) is 17.1. The number of halogens is 1. The number of fused-ring (bicyclic) bond motifs is 2. The second-order valence-corrected chi connectivity index (χ2v) is 7.68. The van der Waals surface area contributed by atoms with E-state index < -0.39 is 0 Å². The van der Waals surface area contributed by atoms with E-state index >= 15 is 0 Å². The van der Waals surface area contributed by atoms with Crippen LogP contribution in [0.4, 0.5) is 4.39 Å². The summed E-state index contributed by atoms with van der Waals surface area (Å²) in [5, 5.41) is 7.49. The number of nitrogens with one attached hydrogen (secondary N) is 2. The summed E-state index contributed by atoms with van der Waals surface area (Å²) >= 11 is 0. The maximum atomic E-state index is 14.0. The molecule has 32 heavy (non-hydrogen) atoms. The fraction of sp³-hybridized carbons (Fsp3) is 0.0400. The molecule has 0 unspecified atom stereocenters. The van der Waals surface area contributed by atoms with Crippen LogP contribution in [-0.4, -0.2) is 30.1 Å². The van der Waals surface area contributed by atoms with Crippen molar-refractivity contribution in [2.24, 2.45) is 0 Å². The lowest BCUT2D eigenvalue weighted by atomic mass is 10.0. The first-order chi connectivity index (χ1) is 15.7. The van der Waals surface area contributed by atoms with E-state index in [1.54, 1.807) is 6.20 Å². The Kier molecular flexibility index (Phi) is 4.07. The Morgan fingerprint density at radius 2 is 1.75 bits per heavy atom. The minimum atomic E-state index is -0.266. The number of para-hydroxylation sites is 1. The Balaban J connectivity index is 1.52.